The predicted molar refractivity (Wildman–Crippen MR) is 76.8 cm³/mol. The Kier molecular flexibility index (Phi) is 2.75. The molecule has 0 saturated heterocycles. The van der Waals surface area contributed by atoms with Crippen LogP contribution in [-0.2, 0) is 6.42 Å². The van der Waals surface area contributed by atoms with E-state index in [9.17, 15) is 0 Å². The Hall–Kier alpha value is -2.29. The fourth-order valence-electron chi connectivity index (χ4n) is 2.70. The molecule has 0 atom stereocenters. The second-order valence-electron chi connectivity index (χ2n) is 4.80. The van der Waals surface area contributed by atoms with Crippen molar-refractivity contribution in [1.29, 1.82) is 5.41 Å². The number of aryl methyl sites for hydroxylation is 1. The monoisotopic (exact) mass is 252 g/mol. The third-order valence-corrected chi connectivity index (χ3v) is 3.53. The van der Waals surface area contributed by atoms with E-state index in [2.05, 4.69) is 18.2 Å². The Morgan fingerprint density at radius 2 is 2.00 bits per heavy atom. The first-order valence-corrected chi connectivity index (χ1v) is 6.37. The van der Waals surface area contributed by atoms with Crippen LogP contribution in [0.5, 0.6) is 5.75 Å². The molecule has 3 N–H and O–H groups in total. The fraction of sp³-hybridized carbons (Fsp3) is 0.188. The first-order chi connectivity index (χ1) is 9.18. The first kappa shape index (κ1) is 11.8. The maximum absolute atomic E-state index is 7.72. The Bertz CT molecular complexity index is 648. The minimum absolute atomic E-state index is 0.0789. The van der Waals surface area contributed by atoms with E-state index in [1.807, 2.05) is 25.1 Å². The van der Waals surface area contributed by atoms with Crippen LogP contribution >= 0.6 is 0 Å². The van der Waals surface area contributed by atoms with Crippen molar-refractivity contribution >= 4 is 5.84 Å². The van der Waals surface area contributed by atoms with Gasteiger partial charge in [0.1, 0.15) is 11.6 Å². The van der Waals surface area contributed by atoms with E-state index in [4.69, 9.17) is 15.9 Å². The van der Waals surface area contributed by atoms with Gasteiger partial charge in [-0.15, -0.1) is 0 Å². The van der Waals surface area contributed by atoms with Crippen molar-refractivity contribution in [3.63, 3.8) is 0 Å². The molecule has 0 aromatic heterocycles. The van der Waals surface area contributed by atoms with Gasteiger partial charge in [0, 0.05) is 12.0 Å². The van der Waals surface area contributed by atoms with E-state index >= 15 is 0 Å². The van der Waals surface area contributed by atoms with E-state index in [0.29, 0.717) is 6.61 Å². The largest absolute Gasteiger partial charge is 0.492 e. The van der Waals surface area contributed by atoms with Gasteiger partial charge in [-0.3, -0.25) is 5.41 Å². The van der Waals surface area contributed by atoms with Crippen LogP contribution in [0.3, 0.4) is 0 Å². The number of nitrogen functional groups attached to an aromatic ring is 1. The molecule has 96 valence electrons. The molecule has 2 aromatic carbocycles. The Labute approximate surface area is 112 Å². The number of amidine groups is 1. The van der Waals surface area contributed by atoms with Gasteiger partial charge >= 0.3 is 0 Å². The van der Waals surface area contributed by atoms with Gasteiger partial charge in [0.25, 0.3) is 0 Å². The van der Waals surface area contributed by atoms with Gasteiger partial charge in [-0.25, -0.2) is 0 Å². The highest BCUT2D eigenvalue weighted by Gasteiger charge is 2.24. The maximum atomic E-state index is 7.72. The zero-order valence-corrected chi connectivity index (χ0v) is 10.9. The lowest BCUT2D eigenvalue weighted by molar-refractivity contribution is 0.356. The molecular weight excluding hydrogens is 236 g/mol. The SMILES string of the molecule is Cc1cc(-c2ccccc2)c2c(c1C(=N)N)OCC2. The Balaban J connectivity index is 2.27. The van der Waals surface area contributed by atoms with E-state index < -0.39 is 0 Å². The van der Waals surface area contributed by atoms with Crippen molar-refractivity contribution in [2.75, 3.05) is 6.61 Å². The number of nitrogens with one attached hydrogen (secondary N) is 1. The van der Waals surface area contributed by atoms with Gasteiger partial charge in [0.15, 0.2) is 0 Å². The van der Waals surface area contributed by atoms with Gasteiger partial charge in [0.05, 0.1) is 12.2 Å². The molecular formula is C16H16N2O. The average Bonchev–Trinajstić information content (AvgIpc) is 2.87. The molecule has 3 rings (SSSR count). The number of hydrogen-bond donors (Lipinski definition) is 2. The molecule has 0 spiro atoms. The van der Waals surface area contributed by atoms with E-state index in [1.165, 1.54) is 16.7 Å². The summed E-state index contributed by atoms with van der Waals surface area (Å²) in [6.07, 6.45) is 0.875. The summed E-state index contributed by atoms with van der Waals surface area (Å²) in [5, 5.41) is 7.72. The summed E-state index contributed by atoms with van der Waals surface area (Å²) >= 11 is 0. The number of ether oxygens (including phenoxy) is 1. The van der Waals surface area contributed by atoms with E-state index in [-0.39, 0.29) is 5.84 Å². The van der Waals surface area contributed by atoms with Gasteiger partial charge in [-0.1, -0.05) is 36.4 Å². The fourth-order valence-corrected chi connectivity index (χ4v) is 2.70. The van der Waals surface area contributed by atoms with Crippen molar-refractivity contribution in [3.05, 3.63) is 53.1 Å². The molecule has 1 heterocycles. The summed E-state index contributed by atoms with van der Waals surface area (Å²) < 4.78 is 5.71. The molecule has 3 heteroatoms. The quantitative estimate of drug-likeness (QED) is 0.637. The number of benzene rings is 2. The minimum Gasteiger partial charge on any atom is -0.492 e. The number of fused-ring (bicyclic) bond motifs is 1. The molecule has 3 nitrogen and oxygen atoms in total. The minimum atomic E-state index is 0.0789. The van der Waals surface area contributed by atoms with Crippen LogP contribution in [0.15, 0.2) is 36.4 Å². The molecule has 0 radical (unpaired) electrons. The van der Waals surface area contributed by atoms with Gasteiger partial charge < -0.3 is 10.5 Å². The molecule has 0 unspecified atom stereocenters. The van der Waals surface area contributed by atoms with Gasteiger partial charge in [-0.05, 0) is 23.6 Å². The molecule has 2 aromatic rings. The zero-order valence-electron chi connectivity index (χ0n) is 10.9. The van der Waals surface area contributed by atoms with Crippen LogP contribution in [0.1, 0.15) is 16.7 Å². The third-order valence-electron chi connectivity index (χ3n) is 3.53. The van der Waals surface area contributed by atoms with Crippen LogP contribution in [0.2, 0.25) is 0 Å². The van der Waals surface area contributed by atoms with Crippen molar-refractivity contribution in [2.24, 2.45) is 5.73 Å². The van der Waals surface area contributed by atoms with Crippen molar-refractivity contribution in [3.8, 4) is 16.9 Å². The second kappa shape index (κ2) is 4.43. The zero-order chi connectivity index (χ0) is 13.4. The number of hydrogen-bond acceptors (Lipinski definition) is 2. The Morgan fingerprint density at radius 1 is 1.26 bits per heavy atom. The average molecular weight is 252 g/mol. The molecule has 1 aliphatic rings. The van der Waals surface area contributed by atoms with E-state index in [0.717, 1.165) is 23.3 Å². The van der Waals surface area contributed by atoms with Crippen LogP contribution in [0, 0.1) is 12.3 Å². The molecule has 0 aliphatic carbocycles. The number of rotatable bonds is 2. The maximum Gasteiger partial charge on any atom is 0.134 e. The topological polar surface area (TPSA) is 59.1 Å². The van der Waals surface area contributed by atoms with Crippen LogP contribution in [0.4, 0.5) is 0 Å². The number of nitrogens with two attached hydrogens (primary N) is 1. The highest BCUT2D eigenvalue weighted by Crippen LogP contribution is 2.39. The molecule has 0 bridgehead atoms. The summed E-state index contributed by atoms with van der Waals surface area (Å²) in [6.45, 7) is 2.64. The van der Waals surface area contributed by atoms with Crippen LogP contribution < -0.4 is 10.5 Å². The molecule has 0 amide bonds. The standard InChI is InChI=1S/C16H16N2O/c1-10-9-13(11-5-3-2-4-6-11)12-7-8-19-15(12)14(10)16(17)18/h2-6,9H,7-8H2,1H3,(H3,17,18). The summed E-state index contributed by atoms with van der Waals surface area (Å²) in [6, 6.07) is 12.4. The lowest BCUT2D eigenvalue weighted by Crippen LogP contribution is -2.14. The highest BCUT2D eigenvalue weighted by atomic mass is 16.5. The summed E-state index contributed by atoms with van der Waals surface area (Å²) in [5.41, 5.74) is 11.0. The van der Waals surface area contributed by atoms with Crippen LogP contribution in [0.25, 0.3) is 11.1 Å². The van der Waals surface area contributed by atoms with Gasteiger partial charge in [0.2, 0.25) is 0 Å². The lowest BCUT2D eigenvalue weighted by Gasteiger charge is -2.14. The van der Waals surface area contributed by atoms with Gasteiger partial charge in [-0.2, -0.15) is 0 Å². The van der Waals surface area contributed by atoms with Crippen molar-refractivity contribution < 1.29 is 4.74 Å². The normalized spacial score (nSPS) is 12.9. The van der Waals surface area contributed by atoms with Crippen molar-refractivity contribution in [1.82, 2.24) is 0 Å². The lowest BCUT2D eigenvalue weighted by atomic mass is 9.92. The van der Waals surface area contributed by atoms with E-state index in [1.54, 1.807) is 0 Å². The smallest absolute Gasteiger partial charge is 0.134 e. The summed E-state index contributed by atoms with van der Waals surface area (Å²) in [5.74, 6) is 0.876. The molecule has 0 fully saturated rings. The summed E-state index contributed by atoms with van der Waals surface area (Å²) in [4.78, 5) is 0. The molecule has 0 saturated carbocycles. The van der Waals surface area contributed by atoms with Crippen LogP contribution in [-0.4, -0.2) is 12.4 Å². The first-order valence-electron chi connectivity index (χ1n) is 6.37. The second-order valence-corrected chi connectivity index (χ2v) is 4.80. The molecule has 1 aliphatic heterocycles. The highest BCUT2D eigenvalue weighted by molar-refractivity contribution is 6.01. The molecule has 19 heavy (non-hydrogen) atoms. The van der Waals surface area contributed by atoms with Crippen molar-refractivity contribution in [2.45, 2.75) is 13.3 Å². The Morgan fingerprint density at radius 3 is 2.68 bits per heavy atom. The third kappa shape index (κ3) is 1.87. The predicted octanol–water partition coefficient (Wildman–Crippen LogP) is 2.88. The summed E-state index contributed by atoms with van der Waals surface area (Å²) in [7, 11) is 0.